The van der Waals surface area contributed by atoms with Gasteiger partial charge in [-0.2, -0.15) is 23.3 Å². The normalized spacial score (nSPS) is 14.0. The van der Waals surface area contributed by atoms with Gasteiger partial charge in [-0.1, -0.05) is 24.8 Å². The van der Waals surface area contributed by atoms with Crippen LogP contribution in [0.15, 0.2) is 61.2 Å². The lowest BCUT2D eigenvalue weighted by Crippen LogP contribution is -2.36. The van der Waals surface area contributed by atoms with Gasteiger partial charge < -0.3 is 20.3 Å². The average Bonchev–Trinajstić information content (AvgIpc) is 3.34. The van der Waals surface area contributed by atoms with Gasteiger partial charge in [0.1, 0.15) is 0 Å². The number of nitrogens with zero attached hydrogens (tertiary/aromatic N) is 4. The summed E-state index contributed by atoms with van der Waals surface area (Å²) in [6.45, 7) is 6.18. The first-order valence-electron chi connectivity index (χ1n) is 11.4. The van der Waals surface area contributed by atoms with Crippen molar-refractivity contribution in [1.82, 2.24) is 20.2 Å². The molecular weight excluding hydrogens is 487 g/mol. The summed E-state index contributed by atoms with van der Waals surface area (Å²) in [6, 6.07) is 13.9. The molecule has 4 aromatic rings. The number of rotatable bonds is 6. The predicted octanol–water partition coefficient (Wildman–Crippen LogP) is 4.74. The highest BCUT2D eigenvalue weighted by molar-refractivity contribution is 6.00. The van der Waals surface area contributed by atoms with Gasteiger partial charge in [-0.05, 0) is 36.4 Å². The summed E-state index contributed by atoms with van der Waals surface area (Å²) in [6.07, 6.45) is -3.63. The number of ether oxygens (including phenoxy) is 1. The van der Waals surface area contributed by atoms with Crippen molar-refractivity contribution in [3.8, 4) is 11.3 Å². The molecule has 1 aliphatic rings. The second-order valence-electron chi connectivity index (χ2n) is 8.24. The quantitative estimate of drug-likeness (QED) is 0.322. The van der Waals surface area contributed by atoms with Crippen molar-refractivity contribution in [3.63, 3.8) is 0 Å². The number of aromatic amines is 1. The fraction of sp³-hybridized carbons (Fsp3) is 0.200. The maximum Gasteiger partial charge on any atom is 0.435 e. The summed E-state index contributed by atoms with van der Waals surface area (Å²) in [4.78, 5) is 22.6. The molecule has 0 atom stereocenters. The molecule has 2 aromatic carbocycles. The van der Waals surface area contributed by atoms with E-state index in [0.717, 1.165) is 24.9 Å². The van der Waals surface area contributed by atoms with Crippen molar-refractivity contribution in [1.29, 1.82) is 0 Å². The minimum Gasteiger partial charge on any atom is -0.378 e. The number of alkyl halides is 3. The first-order chi connectivity index (χ1) is 17.8. The van der Waals surface area contributed by atoms with Gasteiger partial charge in [0.15, 0.2) is 11.3 Å². The topological polar surface area (TPSA) is 108 Å². The van der Waals surface area contributed by atoms with E-state index >= 15 is 0 Å². The molecule has 0 unspecified atom stereocenters. The Balaban J connectivity index is 1.57. The van der Waals surface area contributed by atoms with Gasteiger partial charge in [-0.3, -0.25) is 9.89 Å². The molecule has 9 nitrogen and oxygen atoms in total. The minimum atomic E-state index is -4.73. The van der Waals surface area contributed by atoms with Crippen LogP contribution in [0.5, 0.6) is 0 Å². The van der Waals surface area contributed by atoms with Crippen LogP contribution in [0.3, 0.4) is 0 Å². The van der Waals surface area contributed by atoms with Crippen molar-refractivity contribution >= 4 is 40.0 Å². The van der Waals surface area contributed by atoms with E-state index in [4.69, 9.17) is 4.74 Å². The van der Waals surface area contributed by atoms with Crippen molar-refractivity contribution in [2.45, 2.75) is 6.18 Å². The molecule has 1 fully saturated rings. The Labute approximate surface area is 209 Å². The molecule has 0 saturated carbocycles. The van der Waals surface area contributed by atoms with Gasteiger partial charge in [0.2, 0.25) is 11.9 Å². The monoisotopic (exact) mass is 509 g/mol. The zero-order valence-corrected chi connectivity index (χ0v) is 19.5. The zero-order valence-electron chi connectivity index (χ0n) is 19.5. The lowest BCUT2D eigenvalue weighted by atomic mass is 10.1. The Morgan fingerprint density at radius 3 is 2.59 bits per heavy atom. The summed E-state index contributed by atoms with van der Waals surface area (Å²) >= 11 is 0. The molecule has 12 heteroatoms. The number of fused-ring (bicyclic) bond motifs is 1. The van der Waals surface area contributed by atoms with E-state index in [1.165, 1.54) is 6.07 Å². The van der Waals surface area contributed by atoms with Crippen LogP contribution in [0, 0.1) is 0 Å². The Kier molecular flexibility index (Phi) is 6.49. The van der Waals surface area contributed by atoms with E-state index in [0.29, 0.717) is 30.2 Å². The molecule has 0 bridgehead atoms. The molecule has 190 valence electrons. The smallest absolute Gasteiger partial charge is 0.378 e. The number of carbonyl (C=O) groups excluding carboxylic acids is 1. The maximum absolute atomic E-state index is 13.8. The summed E-state index contributed by atoms with van der Waals surface area (Å²) in [5.41, 5.74) is 1.15. The molecule has 1 amide bonds. The van der Waals surface area contributed by atoms with Gasteiger partial charge in [0.25, 0.3) is 0 Å². The van der Waals surface area contributed by atoms with Crippen LogP contribution in [0.25, 0.3) is 22.3 Å². The Morgan fingerprint density at radius 2 is 1.84 bits per heavy atom. The van der Waals surface area contributed by atoms with E-state index in [1.807, 2.05) is 24.3 Å². The summed E-state index contributed by atoms with van der Waals surface area (Å²) in [7, 11) is 0. The van der Waals surface area contributed by atoms with Crippen LogP contribution >= 0.6 is 0 Å². The summed E-state index contributed by atoms with van der Waals surface area (Å²) < 4.78 is 46.7. The lowest BCUT2D eigenvalue weighted by Gasteiger charge is -2.29. The molecule has 0 radical (unpaired) electrons. The third-order valence-electron chi connectivity index (χ3n) is 5.76. The summed E-state index contributed by atoms with van der Waals surface area (Å²) in [5, 5.41) is 11.3. The molecule has 2 aromatic heterocycles. The number of aromatic nitrogens is 4. The van der Waals surface area contributed by atoms with Crippen molar-refractivity contribution in [2.24, 2.45) is 0 Å². The number of halogens is 3. The third-order valence-corrected chi connectivity index (χ3v) is 5.76. The standard InChI is InChI=1S/C25H22F3N7O2/c1-2-19(36)29-16-6-3-5-15(13-16)21-20-22(25(26,27)28)33-34-23(20)32-24(31-21)30-17-7-4-8-18(14-17)35-9-11-37-12-10-35/h2-8,13-14H,1,9-12H2,(H,29,36)(H2,30,31,32,33,34). The number of hydrogen-bond acceptors (Lipinski definition) is 7. The van der Waals surface area contributed by atoms with Gasteiger partial charge in [-0.25, -0.2) is 4.98 Å². The van der Waals surface area contributed by atoms with Crippen LogP contribution in [0.4, 0.5) is 36.2 Å². The van der Waals surface area contributed by atoms with E-state index in [-0.39, 0.29) is 22.7 Å². The Hall–Kier alpha value is -4.45. The molecule has 1 saturated heterocycles. The Morgan fingerprint density at radius 1 is 1.08 bits per heavy atom. The third kappa shape index (κ3) is 5.23. The highest BCUT2D eigenvalue weighted by Crippen LogP contribution is 2.38. The van der Waals surface area contributed by atoms with E-state index in [9.17, 15) is 18.0 Å². The zero-order chi connectivity index (χ0) is 26.0. The molecule has 3 heterocycles. The van der Waals surface area contributed by atoms with Crippen molar-refractivity contribution < 1.29 is 22.7 Å². The summed E-state index contributed by atoms with van der Waals surface area (Å²) in [5.74, 6) is -0.369. The van der Waals surface area contributed by atoms with E-state index < -0.39 is 17.8 Å². The maximum atomic E-state index is 13.8. The second kappa shape index (κ2) is 9.90. The number of morpholine rings is 1. The van der Waals surface area contributed by atoms with Gasteiger partial charge in [-0.15, -0.1) is 0 Å². The highest BCUT2D eigenvalue weighted by Gasteiger charge is 2.38. The minimum absolute atomic E-state index is 0.00705. The molecule has 0 aliphatic carbocycles. The molecule has 1 aliphatic heterocycles. The number of anilines is 4. The fourth-order valence-electron chi connectivity index (χ4n) is 4.07. The highest BCUT2D eigenvalue weighted by atomic mass is 19.4. The largest absolute Gasteiger partial charge is 0.435 e. The van der Waals surface area contributed by atoms with Gasteiger partial charge >= 0.3 is 6.18 Å². The average molecular weight is 509 g/mol. The van der Waals surface area contributed by atoms with Crippen LogP contribution in [-0.2, 0) is 15.7 Å². The molecule has 0 spiro atoms. The molecule has 5 rings (SSSR count). The first kappa shape index (κ1) is 24.3. The van der Waals surface area contributed by atoms with E-state index in [1.54, 1.807) is 18.2 Å². The lowest BCUT2D eigenvalue weighted by molar-refractivity contribution is -0.139. The number of carbonyl (C=O) groups is 1. The number of H-pyrrole nitrogens is 1. The number of amides is 1. The second-order valence-corrected chi connectivity index (χ2v) is 8.24. The molecular formula is C25H22F3N7O2. The van der Waals surface area contributed by atoms with Crippen LogP contribution in [0.1, 0.15) is 5.69 Å². The SMILES string of the molecule is C=CC(=O)Nc1cccc(-c2nc(Nc3cccc(N4CCOCC4)c3)nc3[nH]nc(C(F)(F)F)c23)c1. The predicted molar refractivity (Wildman–Crippen MR) is 134 cm³/mol. The van der Waals surface area contributed by atoms with Crippen LogP contribution < -0.4 is 15.5 Å². The molecule has 3 N–H and O–H groups in total. The van der Waals surface area contributed by atoms with Crippen LogP contribution in [-0.4, -0.2) is 52.4 Å². The number of nitrogens with one attached hydrogen (secondary N) is 3. The number of hydrogen-bond donors (Lipinski definition) is 3. The molecule has 37 heavy (non-hydrogen) atoms. The number of benzene rings is 2. The first-order valence-corrected chi connectivity index (χ1v) is 11.4. The fourth-order valence-corrected chi connectivity index (χ4v) is 4.07. The van der Waals surface area contributed by atoms with E-state index in [2.05, 4.69) is 42.3 Å². The van der Waals surface area contributed by atoms with Crippen molar-refractivity contribution in [3.05, 3.63) is 66.9 Å². The van der Waals surface area contributed by atoms with Crippen LogP contribution in [0.2, 0.25) is 0 Å². The van der Waals surface area contributed by atoms with Crippen molar-refractivity contribution in [2.75, 3.05) is 41.8 Å². The van der Waals surface area contributed by atoms with Gasteiger partial charge in [0.05, 0.1) is 24.3 Å². The Bertz CT molecular complexity index is 1460. The van der Waals surface area contributed by atoms with Gasteiger partial charge in [0, 0.05) is 35.7 Å².